The van der Waals surface area contributed by atoms with E-state index in [1.165, 1.54) is 16.8 Å². The zero-order valence-corrected chi connectivity index (χ0v) is 10.6. The largest absolute Gasteiger partial charge is 0.328 e. The van der Waals surface area contributed by atoms with Crippen LogP contribution in [0.15, 0.2) is 28.3 Å². The van der Waals surface area contributed by atoms with Gasteiger partial charge >= 0.3 is 0 Å². The first kappa shape index (κ1) is 12.1. The van der Waals surface area contributed by atoms with Crippen LogP contribution in [-0.4, -0.2) is 28.2 Å². The van der Waals surface area contributed by atoms with Gasteiger partial charge in [-0.3, -0.25) is 9.36 Å². The van der Waals surface area contributed by atoms with Gasteiger partial charge in [-0.05, 0) is 18.9 Å². The molecular formula is C10H11N5O3S. The molecular weight excluding hydrogens is 270 g/mol. The third-order valence-corrected chi connectivity index (χ3v) is 3.66. The molecule has 1 aliphatic rings. The molecule has 2 aromatic rings. The van der Waals surface area contributed by atoms with E-state index >= 15 is 0 Å². The van der Waals surface area contributed by atoms with Crippen molar-refractivity contribution in [3.63, 3.8) is 0 Å². The Balaban J connectivity index is 2.19. The van der Waals surface area contributed by atoms with Crippen molar-refractivity contribution in [1.29, 1.82) is 0 Å². The van der Waals surface area contributed by atoms with Gasteiger partial charge in [0, 0.05) is 23.9 Å². The lowest BCUT2D eigenvalue weighted by Gasteiger charge is -2.07. The Morgan fingerprint density at radius 1 is 1.32 bits per heavy atom. The van der Waals surface area contributed by atoms with E-state index in [9.17, 15) is 13.2 Å². The van der Waals surface area contributed by atoms with Crippen molar-refractivity contribution in [2.24, 2.45) is 5.14 Å². The van der Waals surface area contributed by atoms with E-state index in [1.807, 2.05) is 0 Å². The van der Waals surface area contributed by atoms with Crippen molar-refractivity contribution in [1.82, 2.24) is 19.7 Å². The van der Waals surface area contributed by atoms with E-state index < -0.39 is 10.0 Å². The number of primary sulfonamides is 1. The number of rotatable bonds is 3. The second kappa shape index (κ2) is 4.00. The molecule has 9 heteroatoms. The molecule has 3 rings (SSSR count). The minimum absolute atomic E-state index is 0.0465. The molecule has 0 aliphatic heterocycles. The lowest BCUT2D eigenvalue weighted by atomic mass is 10.2. The Morgan fingerprint density at radius 2 is 2.05 bits per heavy atom. The summed E-state index contributed by atoms with van der Waals surface area (Å²) in [5, 5.41) is 12.4. The van der Waals surface area contributed by atoms with Gasteiger partial charge in [0.2, 0.25) is 5.56 Å². The maximum absolute atomic E-state index is 11.5. The van der Waals surface area contributed by atoms with Crippen LogP contribution < -0.4 is 10.7 Å². The van der Waals surface area contributed by atoms with E-state index in [2.05, 4.69) is 15.2 Å². The molecule has 19 heavy (non-hydrogen) atoms. The number of nitrogens with two attached hydrogens (primary N) is 1. The smallest absolute Gasteiger partial charge is 0.273 e. The van der Waals surface area contributed by atoms with Gasteiger partial charge in [0.05, 0.1) is 0 Å². The number of aromatic nitrogens is 4. The van der Waals surface area contributed by atoms with Crippen LogP contribution in [0.5, 0.6) is 0 Å². The van der Waals surface area contributed by atoms with E-state index in [0.29, 0.717) is 11.4 Å². The summed E-state index contributed by atoms with van der Waals surface area (Å²) in [7, 11) is -3.92. The molecule has 0 bridgehead atoms. The highest BCUT2D eigenvalue weighted by Crippen LogP contribution is 2.39. The molecule has 8 nitrogen and oxygen atoms in total. The number of sulfonamides is 1. The maximum atomic E-state index is 11.5. The fourth-order valence-electron chi connectivity index (χ4n) is 1.88. The van der Waals surface area contributed by atoms with Crippen LogP contribution in [0.3, 0.4) is 0 Å². The SMILES string of the molecule is NS(=O)(=O)c1nnc(-c2ccc(=O)[nH]c2)n1C1CC1. The lowest BCUT2D eigenvalue weighted by molar-refractivity contribution is 0.567. The Bertz CT molecular complexity index is 767. The highest BCUT2D eigenvalue weighted by Gasteiger charge is 2.33. The second-order valence-corrected chi connectivity index (χ2v) is 5.85. The Morgan fingerprint density at radius 3 is 2.58 bits per heavy atom. The summed E-state index contributed by atoms with van der Waals surface area (Å²) in [6, 6.07) is 2.96. The van der Waals surface area contributed by atoms with Gasteiger partial charge in [-0.15, -0.1) is 10.2 Å². The predicted octanol–water partition coefficient (Wildman–Crippen LogP) is -0.384. The fraction of sp³-hybridized carbons (Fsp3) is 0.300. The Hall–Kier alpha value is -2.00. The maximum Gasteiger partial charge on any atom is 0.273 e. The van der Waals surface area contributed by atoms with Crippen LogP contribution in [0.2, 0.25) is 0 Å². The molecule has 0 saturated heterocycles. The van der Waals surface area contributed by atoms with Gasteiger partial charge in [0.25, 0.3) is 15.2 Å². The van der Waals surface area contributed by atoms with E-state index in [0.717, 1.165) is 12.8 Å². The van der Waals surface area contributed by atoms with Crippen molar-refractivity contribution in [3.8, 4) is 11.4 Å². The third-order valence-electron chi connectivity index (χ3n) is 2.87. The molecule has 0 amide bonds. The molecule has 0 radical (unpaired) electrons. The fourth-order valence-corrected chi connectivity index (χ4v) is 2.54. The van der Waals surface area contributed by atoms with Crippen molar-refractivity contribution in [2.75, 3.05) is 0 Å². The van der Waals surface area contributed by atoms with E-state index in [1.54, 1.807) is 6.07 Å². The summed E-state index contributed by atoms with van der Waals surface area (Å²) in [6.07, 6.45) is 3.19. The summed E-state index contributed by atoms with van der Waals surface area (Å²) in [5.41, 5.74) is 0.349. The van der Waals surface area contributed by atoms with Gasteiger partial charge in [-0.25, -0.2) is 13.6 Å². The molecule has 1 saturated carbocycles. The first-order chi connectivity index (χ1) is 8.97. The highest BCUT2D eigenvalue weighted by molar-refractivity contribution is 7.89. The quantitative estimate of drug-likeness (QED) is 0.793. The third kappa shape index (κ3) is 2.17. The summed E-state index contributed by atoms with van der Waals surface area (Å²) in [5.74, 6) is 0.391. The molecule has 100 valence electrons. The van der Waals surface area contributed by atoms with E-state index in [4.69, 9.17) is 5.14 Å². The van der Waals surface area contributed by atoms with Gasteiger partial charge in [0.1, 0.15) is 0 Å². The van der Waals surface area contributed by atoms with Gasteiger partial charge in [-0.2, -0.15) is 0 Å². The number of hydrogen-bond donors (Lipinski definition) is 2. The van der Waals surface area contributed by atoms with Gasteiger partial charge in [0.15, 0.2) is 5.82 Å². The summed E-state index contributed by atoms with van der Waals surface area (Å²) in [4.78, 5) is 13.5. The van der Waals surface area contributed by atoms with Crippen molar-refractivity contribution in [2.45, 2.75) is 24.0 Å². The van der Waals surface area contributed by atoms with Crippen molar-refractivity contribution in [3.05, 3.63) is 28.7 Å². The van der Waals surface area contributed by atoms with Crippen molar-refractivity contribution >= 4 is 10.0 Å². The number of pyridine rings is 1. The normalized spacial score (nSPS) is 15.6. The van der Waals surface area contributed by atoms with Crippen LogP contribution in [0, 0.1) is 0 Å². The summed E-state index contributed by atoms with van der Waals surface area (Å²) in [6.45, 7) is 0. The molecule has 0 unspecified atom stereocenters. The molecule has 3 N–H and O–H groups in total. The van der Waals surface area contributed by atoms with Gasteiger partial charge < -0.3 is 4.98 Å². The van der Waals surface area contributed by atoms with Gasteiger partial charge in [-0.1, -0.05) is 0 Å². The monoisotopic (exact) mass is 281 g/mol. The minimum Gasteiger partial charge on any atom is -0.328 e. The summed E-state index contributed by atoms with van der Waals surface area (Å²) < 4.78 is 24.5. The predicted molar refractivity (Wildman–Crippen MR) is 65.7 cm³/mol. The van der Waals surface area contributed by atoms with E-state index in [-0.39, 0.29) is 16.8 Å². The van der Waals surface area contributed by atoms with Crippen molar-refractivity contribution < 1.29 is 8.42 Å². The van der Waals surface area contributed by atoms with Crippen LogP contribution in [0.25, 0.3) is 11.4 Å². The second-order valence-electron chi connectivity index (χ2n) is 4.39. The molecule has 0 spiro atoms. The molecule has 2 aromatic heterocycles. The molecule has 0 atom stereocenters. The van der Waals surface area contributed by atoms with Crippen LogP contribution in [-0.2, 0) is 10.0 Å². The number of H-pyrrole nitrogens is 1. The zero-order valence-electron chi connectivity index (χ0n) is 9.78. The van der Waals surface area contributed by atoms with Crippen LogP contribution in [0.1, 0.15) is 18.9 Å². The zero-order chi connectivity index (χ0) is 13.6. The molecule has 0 aromatic carbocycles. The Labute approximate surface area is 108 Å². The Kier molecular flexibility index (Phi) is 2.54. The standard InChI is InChI=1S/C10H11N5O3S/c11-19(17,18)10-14-13-9(15(10)7-2-3-7)6-1-4-8(16)12-5-6/h1,4-5,7H,2-3H2,(H,12,16)(H2,11,17,18). The molecule has 2 heterocycles. The first-order valence-corrected chi connectivity index (χ1v) is 7.18. The minimum atomic E-state index is -3.92. The molecule has 1 fully saturated rings. The topological polar surface area (TPSA) is 124 Å². The summed E-state index contributed by atoms with van der Waals surface area (Å²) >= 11 is 0. The number of nitrogens with one attached hydrogen (secondary N) is 1. The van der Waals surface area contributed by atoms with Crippen LogP contribution in [0.4, 0.5) is 0 Å². The number of hydrogen-bond acceptors (Lipinski definition) is 5. The first-order valence-electron chi connectivity index (χ1n) is 5.63. The van der Waals surface area contributed by atoms with Crippen LogP contribution >= 0.6 is 0 Å². The molecule has 1 aliphatic carbocycles. The number of nitrogens with zero attached hydrogens (tertiary/aromatic N) is 3. The lowest BCUT2D eigenvalue weighted by Crippen LogP contribution is -2.18. The highest BCUT2D eigenvalue weighted by atomic mass is 32.2. The average Bonchev–Trinajstić information content (AvgIpc) is 3.07. The average molecular weight is 281 g/mol. The number of aromatic amines is 1.